The van der Waals surface area contributed by atoms with Crippen molar-refractivity contribution >= 4 is 44.9 Å². The van der Waals surface area contributed by atoms with Crippen molar-refractivity contribution in [2.45, 2.75) is 13.8 Å². The number of carbonyl (C=O) groups excluding carboxylic acids is 1. The predicted octanol–water partition coefficient (Wildman–Crippen LogP) is 4.64. The number of hydrogen-bond acceptors (Lipinski definition) is 5. The van der Waals surface area contributed by atoms with Gasteiger partial charge in [-0.3, -0.25) is 10.1 Å². The van der Waals surface area contributed by atoms with Gasteiger partial charge < -0.3 is 19.5 Å². The van der Waals surface area contributed by atoms with Crippen LogP contribution in [0, 0.1) is 5.92 Å². The average Bonchev–Trinajstić information content (AvgIpc) is 2.68. The Morgan fingerprint density at radius 1 is 1.10 bits per heavy atom. The Kier molecular flexibility index (Phi) is 9.37. The Morgan fingerprint density at radius 2 is 1.83 bits per heavy atom. The number of halogens is 1. The van der Waals surface area contributed by atoms with E-state index in [4.69, 9.17) is 26.4 Å². The zero-order chi connectivity index (χ0) is 21.2. The number of benzene rings is 2. The molecule has 0 aromatic heterocycles. The van der Waals surface area contributed by atoms with Crippen LogP contribution < -0.4 is 20.1 Å². The van der Waals surface area contributed by atoms with E-state index in [1.165, 1.54) is 0 Å². The van der Waals surface area contributed by atoms with Gasteiger partial charge in [0.2, 0.25) is 0 Å². The van der Waals surface area contributed by atoms with Gasteiger partial charge in [0, 0.05) is 18.4 Å². The Balaban J connectivity index is 1.88. The van der Waals surface area contributed by atoms with Gasteiger partial charge in [-0.1, -0.05) is 13.8 Å². The van der Waals surface area contributed by atoms with Gasteiger partial charge in [-0.15, -0.1) is 0 Å². The second-order valence-electron chi connectivity index (χ2n) is 6.62. The van der Waals surface area contributed by atoms with E-state index >= 15 is 0 Å². The second-order valence-corrected chi connectivity index (χ2v) is 7.89. The van der Waals surface area contributed by atoms with Gasteiger partial charge in [0.25, 0.3) is 5.91 Å². The highest BCUT2D eigenvalue weighted by molar-refractivity contribution is 9.10. The van der Waals surface area contributed by atoms with Crippen molar-refractivity contribution in [2.24, 2.45) is 5.92 Å². The summed E-state index contributed by atoms with van der Waals surface area (Å²) in [5.74, 6) is 1.54. The first-order valence-electron chi connectivity index (χ1n) is 9.15. The van der Waals surface area contributed by atoms with Crippen molar-refractivity contribution in [1.82, 2.24) is 5.32 Å². The van der Waals surface area contributed by atoms with E-state index in [0.717, 1.165) is 11.4 Å². The number of methoxy groups -OCH3 is 1. The summed E-state index contributed by atoms with van der Waals surface area (Å²) in [5, 5.41) is 5.86. The van der Waals surface area contributed by atoms with Crippen LogP contribution in [0.4, 0.5) is 5.69 Å². The van der Waals surface area contributed by atoms with Crippen LogP contribution in [0.25, 0.3) is 0 Å². The molecule has 2 N–H and O–H groups in total. The van der Waals surface area contributed by atoms with Crippen molar-refractivity contribution in [3.8, 4) is 11.5 Å². The van der Waals surface area contributed by atoms with Gasteiger partial charge >= 0.3 is 0 Å². The highest BCUT2D eigenvalue weighted by Crippen LogP contribution is 2.26. The number of amides is 1. The molecule has 0 spiro atoms. The monoisotopic (exact) mass is 480 g/mol. The molecule has 0 atom stereocenters. The molecule has 0 bridgehead atoms. The third-order valence-corrected chi connectivity index (χ3v) is 4.49. The summed E-state index contributed by atoms with van der Waals surface area (Å²) >= 11 is 8.67. The van der Waals surface area contributed by atoms with Crippen LogP contribution in [0.3, 0.4) is 0 Å². The lowest BCUT2D eigenvalue weighted by Gasteiger charge is -2.13. The zero-order valence-electron chi connectivity index (χ0n) is 16.7. The molecule has 0 aliphatic carbocycles. The van der Waals surface area contributed by atoms with Crippen LogP contribution >= 0.6 is 28.1 Å². The molecule has 0 radical (unpaired) electrons. The average molecular weight is 481 g/mol. The summed E-state index contributed by atoms with van der Waals surface area (Å²) in [6, 6.07) is 12.4. The van der Waals surface area contributed by atoms with Crippen LogP contribution in [0.2, 0.25) is 0 Å². The number of anilines is 1. The molecule has 2 aromatic carbocycles. The molecule has 2 aromatic rings. The molecule has 8 heteroatoms. The largest absolute Gasteiger partial charge is 0.492 e. The summed E-state index contributed by atoms with van der Waals surface area (Å²) in [7, 11) is 1.62. The molecule has 156 valence electrons. The predicted molar refractivity (Wildman–Crippen MR) is 122 cm³/mol. The number of rotatable bonds is 9. The fourth-order valence-corrected chi connectivity index (χ4v) is 2.93. The van der Waals surface area contributed by atoms with Crippen molar-refractivity contribution in [1.29, 1.82) is 0 Å². The van der Waals surface area contributed by atoms with Crippen LogP contribution in [-0.2, 0) is 4.74 Å². The SMILES string of the molecule is COCCOc1ccc(NC(=S)NC(=O)c2ccc(OCC(C)C)c(Br)c2)cc1. The molecule has 0 saturated heterocycles. The normalized spacial score (nSPS) is 10.5. The molecule has 2 rings (SSSR count). The summed E-state index contributed by atoms with van der Waals surface area (Å²) in [6.45, 7) is 5.76. The standard InChI is InChI=1S/C21H25BrN2O4S/c1-14(2)13-28-19-9-4-15(12-18(19)22)20(25)24-21(29)23-16-5-7-17(8-6-16)27-11-10-26-3/h4-9,12,14H,10-11,13H2,1-3H3,(H2,23,24,25,29). The van der Waals surface area contributed by atoms with Crippen molar-refractivity contribution in [3.05, 3.63) is 52.5 Å². The molecule has 0 fully saturated rings. The maximum atomic E-state index is 12.4. The molecule has 0 aliphatic heterocycles. The number of thiocarbonyl (C=S) groups is 1. The maximum Gasteiger partial charge on any atom is 0.257 e. The molecule has 6 nitrogen and oxygen atoms in total. The Morgan fingerprint density at radius 3 is 2.45 bits per heavy atom. The molecular formula is C21H25BrN2O4S. The number of nitrogens with one attached hydrogen (secondary N) is 2. The van der Waals surface area contributed by atoms with E-state index in [-0.39, 0.29) is 11.0 Å². The highest BCUT2D eigenvalue weighted by atomic mass is 79.9. The van der Waals surface area contributed by atoms with Gasteiger partial charge in [-0.05, 0) is 76.5 Å². The minimum Gasteiger partial charge on any atom is -0.492 e. The van der Waals surface area contributed by atoms with Gasteiger partial charge in [0.15, 0.2) is 5.11 Å². The van der Waals surface area contributed by atoms with Crippen molar-refractivity contribution in [3.63, 3.8) is 0 Å². The van der Waals surface area contributed by atoms with Crippen LogP contribution in [0.15, 0.2) is 46.9 Å². The summed E-state index contributed by atoms with van der Waals surface area (Å²) < 4.78 is 16.9. The molecule has 0 heterocycles. The first-order valence-corrected chi connectivity index (χ1v) is 10.4. The van der Waals surface area contributed by atoms with Gasteiger partial charge in [-0.2, -0.15) is 0 Å². The van der Waals surface area contributed by atoms with Gasteiger partial charge in [-0.25, -0.2) is 0 Å². The number of hydrogen-bond donors (Lipinski definition) is 2. The van der Waals surface area contributed by atoms with E-state index in [1.54, 1.807) is 25.3 Å². The topological polar surface area (TPSA) is 68.8 Å². The summed E-state index contributed by atoms with van der Waals surface area (Å²) in [5.41, 5.74) is 1.22. The lowest BCUT2D eigenvalue weighted by molar-refractivity contribution is 0.0977. The number of ether oxygens (including phenoxy) is 3. The fraction of sp³-hybridized carbons (Fsp3) is 0.333. The van der Waals surface area contributed by atoms with E-state index in [0.29, 0.717) is 41.5 Å². The maximum absolute atomic E-state index is 12.4. The minimum atomic E-state index is -0.307. The van der Waals surface area contributed by atoms with E-state index in [1.807, 2.05) is 24.3 Å². The Labute approximate surface area is 185 Å². The van der Waals surface area contributed by atoms with Crippen molar-refractivity contribution < 1.29 is 19.0 Å². The Bertz CT molecular complexity index is 828. The van der Waals surface area contributed by atoms with Crippen LogP contribution in [-0.4, -0.2) is 38.0 Å². The van der Waals surface area contributed by atoms with Gasteiger partial charge in [0.1, 0.15) is 18.1 Å². The summed E-state index contributed by atoms with van der Waals surface area (Å²) in [6.07, 6.45) is 0. The summed E-state index contributed by atoms with van der Waals surface area (Å²) in [4.78, 5) is 12.4. The molecule has 0 unspecified atom stereocenters. The highest BCUT2D eigenvalue weighted by Gasteiger charge is 2.11. The Hall–Kier alpha value is -2.16. The molecular weight excluding hydrogens is 456 g/mol. The second kappa shape index (κ2) is 11.7. The molecule has 29 heavy (non-hydrogen) atoms. The van der Waals surface area contributed by atoms with Crippen LogP contribution in [0.1, 0.15) is 24.2 Å². The lowest BCUT2D eigenvalue weighted by atomic mass is 10.2. The first kappa shape index (κ1) is 23.1. The quantitative estimate of drug-likeness (QED) is 0.402. The first-order chi connectivity index (χ1) is 13.9. The minimum absolute atomic E-state index is 0.208. The van der Waals surface area contributed by atoms with E-state index in [9.17, 15) is 4.79 Å². The fourth-order valence-electron chi connectivity index (χ4n) is 2.23. The third kappa shape index (κ3) is 8.00. The van der Waals surface area contributed by atoms with Crippen LogP contribution in [0.5, 0.6) is 11.5 Å². The zero-order valence-corrected chi connectivity index (χ0v) is 19.1. The van der Waals surface area contributed by atoms with Crippen molar-refractivity contribution in [2.75, 3.05) is 32.2 Å². The lowest BCUT2D eigenvalue weighted by Crippen LogP contribution is -2.34. The number of carbonyl (C=O) groups is 1. The molecule has 1 amide bonds. The molecule has 0 saturated carbocycles. The van der Waals surface area contributed by atoms with E-state index in [2.05, 4.69) is 40.4 Å². The third-order valence-electron chi connectivity index (χ3n) is 3.66. The van der Waals surface area contributed by atoms with Gasteiger partial charge in [0.05, 0.1) is 17.7 Å². The molecule has 0 aliphatic rings. The van der Waals surface area contributed by atoms with E-state index < -0.39 is 0 Å². The smallest absolute Gasteiger partial charge is 0.257 e.